The molecule has 0 radical (unpaired) electrons. The fourth-order valence-electron chi connectivity index (χ4n) is 0.910. The minimum Gasteiger partial charge on any atom is -0.342 e. The number of likely N-dealkylation sites (N-methyl/N-ethyl adjacent to an activating group) is 1. The van der Waals surface area contributed by atoms with E-state index in [1.54, 1.807) is 24.9 Å². The average molecular weight is 170 g/mol. The summed E-state index contributed by atoms with van der Waals surface area (Å²) in [5, 5.41) is 0. The van der Waals surface area contributed by atoms with E-state index in [9.17, 15) is 4.79 Å². The third-order valence-corrected chi connectivity index (χ3v) is 1.67. The zero-order valence-electron chi connectivity index (χ0n) is 8.29. The van der Waals surface area contributed by atoms with Crippen molar-refractivity contribution in [3.05, 3.63) is 11.6 Å². The van der Waals surface area contributed by atoms with E-state index in [4.69, 9.17) is 5.73 Å². The van der Waals surface area contributed by atoms with Gasteiger partial charge < -0.3 is 10.6 Å². The Kier molecular flexibility index (Phi) is 4.59. The summed E-state index contributed by atoms with van der Waals surface area (Å²) in [7, 11) is 1.78. The first-order chi connectivity index (χ1) is 5.49. The number of rotatable bonds is 3. The van der Waals surface area contributed by atoms with Crippen LogP contribution in [-0.2, 0) is 4.79 Å². The van der Waals surface area contributed by atoms with Crippen molar-refractivity contribution in [1.29, 1.82) is 0 Å². The monoisotopic (exact) mass is 170 g/mol. The van der Waals surface area contributed by atoms with Gasteiger partial charge in [0.2, 0.25) is 5.91 Å². The Hall–Kier alpha value is -0.830. The molecule has 2 N–H and O–H groups in total. The van der Waals surface area contributed by atoms with Gasteiger partial charge in [-0.3, -0.25) is 4.79 Å². The summed E-state index contributed by atoms with van der Waals surface area (Å²) in [4.78, 5) is 13.1. The lowest BCUT2D eigenvalue weighted by molar-refractivity contribution is -0.125. The molecule has 0 saturated heterocycles. The van der Waals surface area contributed by atoms with Gasteiger partial charge in [0.25, 0.3) is 0 Å². The maximum atomic E-state index is 11.4. The summed E-state index contributed by atoms with van der Waals surface area (Å²) < 4.78 is 0. The quantitative estimate of drug-likeness (QED) is 0.635. The molecular formula is C9H18N2O. The second-order valence-electron chi connectivity index (χ2n) is 3.03. The fourth-order valence-corrected chi connectivity index (χ4v) is 0.910. The van der Waals surface area contributed by atoms with Crippen LogP contribution in [0.4, 0.5) is 0 Å². The van der Waals surface area contributed by atoms with Crippen molar-refractivity contribution >= 4 is 5.91 Å². The number of hydrogen-bond donors (Lipinski definition) is 1. The van der Waals surface area contributed by atoms with Crippen molar-refractivity contribution in [2.24, 2.45) is 5.73 Å². The van der Waals surface area contributed by atoms with Gasteiger partial charge in [0.05, 0.1) is 0 Å². The maximum absolute atomic E-state index is 11.4. The molecule has 3 nitrogen and oxygen atoms in total. The molecule has 1 amide bonds. The van der Waals surface area contributed by atoms with E-state index in [2.05, 4.69) is 0 Å². The predicted molar refractivity (Wildman–Crippen MR) is 50.7 cm³/mol. The molecule has 3 heteroatoms. The highest BCUT2D eigenvalue weighted by Gasteiger charge is 2.08. The normalized spacial score (nSPS) is 14.2. The summed E-state index contributed by atoms with van der Waals surface area (Å²) >= 11 is 0. The predicted octanol–water partition coefficient (Wildman–Crippen LogP) is 0.758. The topological polar surface area (TPSA) is 46.3 Å². The summed E-state index contributed by atoms with van der Waals surface area (Å²) in [6.07, 6.45) is 1.77. The third kappa shape index (κ3) is 3.53. The Morgan fingerprint density at radius 3 is 2.50 bits per heavy atom. The number of nitrogens with zero attached hydrogens (tertiary/aromatic N) is 1. The van der Waals surface area contributed by atoms with E-state index < -0.39 is 0 Å². The first-order valence-electron chi connectivity index (χ1n) is 4.18. The third-order valence-electron chi connectivity index (χ3n) is 1.67. The van der Waals surface area contributed by atoms with Crippen LogP contribution in [0.25, 0.3) is 0 Å². The van der Waals surface area contributed by atoms with Gasteiger partial charge in [0.15, 0.2) is 0 Å². The van der Waals surface area contributed by atoms with Crippen molar-refractivity contribution in [3.8, 4) is 0 Å². The van der Waals surface area contributed by atoms with Gasteiger partial charge in [-0.25, -0.2) is 0 Å². The summed E-state index contributed by atoms with van der Waals surface area (Å²) in [5.41, 5.74) is 6.24. The van der Waals surface area contributed by atoms with E-state index in [0.29, 0.717) is 5.57 Å². The van der Waals surface area contributed by atoms with Crippen molar-refractivity contribution < 1.29 is 4.79 Å². The lowest BCUT2D eigenvalue weighted by Crippen LogP contribution is -2.27. The van der Waals surface area contributed by atoms with Gasteiger partial charge in [0, 0.05) is 25.2 Å². The van der Waals surface area contributed by atoms with Crippen LogP contribution in [-0.4, -0.2) is 30.4 Å². The molecule has 0 rings (SSSR count). The highest BCUT2D eigenvalue weighted by atomic mass is 16.2. The Morgan fingerprint density at radius 1 is 1.67 bits per heavy atom. The molecule has 0 fully saturated rings. The number of nitrogens with two attached hydrogens (primary N) is 1. The van der Waals surface area contributed by atoms with E-state index >= 15 is 0 Å². The van der Waals surface area contributed by atoms with Crippen LogP contribution in [0.1, 0.15) is 20.8 Å². The number of amides is 1. The van der Waals surface area contributed by atoms with Crippen LogP contribution >= 0.6 is 0 Å². The molecule has 0 saturated carbocycles. The van der Waals surface area contributed by atoms with Gasteiger partial charge in [-0.05, 0) is 20.8 Å². The lowest BCUT2D eigenvalue weighted by Gasteiger charge is -2.14. The molecule has 12 heavy (non-hydrogen) atoms. The molecule has 70 valence electrons. The number of carbonyl (C=O) groups excluding carboxylic acids is 1. The molecule has 1 atom stereocenters. The van der Waals surface area contributed by atoms with Crippen LogP contribution in [0.15, 0.2) is 11.6 Å². The van der Waals surface area contributed by atoms with Crippen LogP contribution in [0, 0.1) is 0 Å². The van der Waals surface area contributed by atoms with Crippen molar-refractivity contribution in [3.63, 3.8) is 0 Å². The number of carbonyl (C=O) groups is 1. The molecule has 0 aliphatic carbocycles. The second kappa shape index (κ2) is 4.93. The molecule has 0 aromatic carbocycles. The van der Waals surface area contributed by atoms with Gasteiger partial charge in [-0.15, -0.1) is 0 Å². The van der Waals surface area contributed by atoms with E-state index in [0.717, 1.165) is 6.54 Å². The average Bonchev–Trinajstić information content (AvgIpc) is 2.00. The Labute approximate surface area is 74.2 Å². The lowest BCUT2D eigenvalue weighted by atomic mass is 10.2. The molecule has 1 unspecified atom stereocenters. The molecule has 0 aliphatic rings. The number of hydrogen-bond acceptors (Lipinski definition) is 2. The van der Waals surface area contributed by atoms with Gasteiger partial charge in [0.1, 0.15) is 0 Å². The zero-order valence-corrected chi connectivity index (χ0v) is 8.29. The molecule has 0 aromatic rings. The molecule has 0 spiro atoms. The van der Waals surface area contributed by atoms with Crippen LogP contribution in [0.3, 0.4) is 0 Å². The molecule has 0 bridgehead atoms. The highest BCUT2D eigenvalue weighted by Crippen LogP contribution is 1.99. The summed E-state index contributed by atoms with van der Waals surface area (Å²) in [6.45, 7) is 6.31. The summed E-state index contributed by atoms with van der Waals surface area (Å²) in [6, 6.07) is -0.0563. The van der Waals surface area contributed by atoms with Crippen molar-refractivity contribution in [1.82, 2.24) is 4.90 Å². The second-order valence-corrected chi connectivity index (χ2v) is 3.03. The molecule has 0 aliphatic heterocycles. The first kappa shape index (κ1) is 11.2. The maximum Gasteiger partial charge on any atom is 0.248 e. The summed E-state index contributed by atoms with van der Waals surface area (Å²) in [5.74, 6) is 0.0507. The van der Waals surface area contributed by atoms with Gasteiger partial charge >= 0.3 is 0 Å². The standard InChI is InChI=1S/C9H18N2O/c1-5-11(4)9(12)7(2)6-8(3)10/h6,8H,5,10H2,1-4H3. The highest BCUT2D eigenvalue weighted by molar-refractivity contribution is 5.92. The Morgan fingerprint density at radius 2 is 2.17 bits per heavy atom. The molecule has 0 aromatic heterocycles. The molecular weight excluding hydrogens is 152 g/mol. The first-order valence-corrected chi connectivity index (χ1v) is 4.18. The Balaban J connectivity index is 4.28. The van der Waals surface area contributed by atoms with Crippen LogP contribution < -0.4 is 5.73 Å². The zero-order chi connectivity index (χ0) is 9.72. The van der Waals surface area contributed by atoms with Crippen LogP contribution in [0.5, 0.6) is 0 Å². The van der Waals surface area contributed by atoms with E-state index in [1.165, 1.54) is 0 Å². The van der Waals surface area contributed by atoms with Crippen molar-refractivity contribution in [2.75, 3.05) is 13.6 Å². The van der Waals surface area contributed by atoms with Gasteiger partial charge in [-0.1, -0.05) is 6.08 Å². The van der Waals surface area contributed by atoms with Crippen molar-refractivity contribution in [2.45, 2.75) is 26.8 Å². The SMILES string of the molecule is CCN(C)C(=O)C(C)=CC(C)N. The minimum atomic E-state index is -0.0563. The molecule has 0 heterocycles. The minimum absolute atomic E-state index is 0.0507. The largest absolute Gasteiger partial charge is 0.342 e. The van der Waals surface area contributed by atoms with Crippen LogP contribution in [0.2, 0.25) is 0 Å². The van der Waals surface area contributed by atoms with Gasteiger partial charge in [-0.2, -0.15) is 0 Å². The smallest absolute Gasteiger partial charge is 0.248 e. The Bertz CT molecular complexity index is 185. The van der Waals surface area contributed by atoms with E-state index in [1.807, 2.05) is 13.8 Å². The van der Waals surface area contributed by atoms with E-state index in [-0.39, 0.29) is 11.9 Å². The fraction of sp³-hybridized carbons (Fsp3) is 0.667.